The normalized spacial score (nSPS) is 17.8. The van der Waals surface area contributed by atoms with Crippen molar-refractivity contribution in [3.05, 3.63) is 35.4 Å². The molecule has 0 saturated carbocycles. The van der Waals surface area contributed by atoms with Crippen LogP contribution in [0, 0.1) is 0 Å². The molecule has 2 rings (SSSR count). The first-order valence-corrected chi connectivity index (χ1v) is 7.31. The van der Waals surface area contributed by atoms with Crippen LogP contribution in [0.5, 0.6) is 0 Å². The van der Waals surface area contributed by atoms with Gasteiger partial charge in [0.05, 0.1) is 6.61 Å². The Morgan fingerprint density at radius 1 is 1.21 bits per heavy atom. The molecule has 1 N–H and O–H groups in total. The van der Waals surface area contributed by atoms with Gasteiger partial charge in [-0.1, -0.05) is 24.3 Å². The van der Waals surface area contributed by atoms with Crippen molar-refractivity contribution in [2.75, 3.05) is 26.7 Å². The van der Waals surface area contributed by atoms with Gasteiger partial charge in [-0.2, -0.15) is 0 Å². The molecule has 1 aromatic rings. The quantitative estimate of drug-likeness (QED) is 0.816. The fraction of sp³-hybridized carbons (Fsp3) is 0.625. The summed E-state index contributed by atoms with van der Waals surface area (Å²) in [7, 11) is 1.75. The molecule has 0 aromatic heterocycles. The third-order valence-electron chi connectivity index (χ3n) is 3.94. The van der Waals surface area contributed by atoms with Crippen LogP contribution in [0.3, 0.4) is 0 Å². The standard InChI is InChI=1S/C16H26N2O/c1-14(18-9-5-6-10-18)11-17-12-15-7-3-4-8-16(15)13-19-2/h3-4,7-8,14,17H,5-6,9-13H2,1-2H3. The van der Waals surface area contributed by atoms with Crippen molar-refractivity contribution in [3.8, 4) is 0 Å². The van der Waals surface area contributed by atoms with Gasteiger partial charge in [-0.25, -0.2) is 0 Å². The number of ether oxygens (including phenoxy) is 1. The second-order valence-electron chi connectivity index (χ2n) is 5.42. The van der Waals surface area contributed by atoms with Gasteiger partial charge in [0, 0.05) is 26.2 Å². The topological polar surface area (TPSA) is 24.5 Å². The summed E-state index contributed by atoms with van der Waals surface area (Å²) < 4.78 is 5.24. The van der Waals surface area contributed by atoms with E-state index in [4.69, 9.17) is 4.74 Å². The zero-order valence-corrected chi connectivity index (χ0v) is 12.2. The minimum atomic E-state index is 0.636. The van der Waals surface area contributed by atoms with E-state index in [-0.39, 0.29) is 0 Å². The fourth-order valence-corrected chi connectivity index (χ4v) is 2.75. The van der Waals surface area contributed by atoms with Gasteiger partial charge >= 0.3 is 0 Å². The van der Waals surface area contributed by atoms with Crippen LogP contribution in [0.2, 0.25) is 0 Å². The molecule has 0 spiro atoms. The molecule has 1 saturated heterocycles. The number of rotatable bonds is 7. The average molecular weight is 262 g/mol. The first-order valence-electron chi connectivity index (χ1n) is 7.31. The predicted molar refractivity (Wildman–Crippen MR) is 79.1 cm³/mol. The Balaban J connectivity index is 1.78. The highest BCUT2D eigenvalue weighted by Gasteiger charge is 2.17. The molecule has 1 fully saturated rings. The van der Waals surface area contributed by atoms with Crippen molar-refractivity contribution in [1.82, 2.24) is 10.2 Å². The molecule has 1 heterocycles. The number of benzene rings is 1. The number of methoxy groups -OCH3 is 1. The summed E-state index contributed by atoms with van der Waals surface area (Å²) in [4.78, 5) is 2.58. The summed E-state index contributed by atoms with van der Waals surface area (Å²) in [5.41, 5.74) is 2.63. The van der Waals surface area contributed by atoms with Crippen LogP contribution in [0.15, 0.2) is 24.3 Å². The molecule has 0 bridgehead atoms. The lowest BCUT2D eigenvalue weighted by atomic mass is 10.1. The molecule has 1 unspecified atom stereocenters. The van der Waals surface area contributed by atoms with Gasteiger partial charge < -0.3 is 10.1 Å². The van der Waals surface area contributed by atoms with Crippen LogP contribution in [0.4, 0.5) is 0 Å². The van der Waals surface area contributed by atoms with Gasteiger partial charge in [0.25, 0.3) is 0 Å². The maximum absolute atomic E-state index is 5.24. The summed E-state index contributed by atoms with van der Waals surface area (Å²) in [5, 5.41) is 3.58. The molecule has 106 valence electrons. The average Bonchev–Trinajstić information content (AvgIpc) is 2.95. The van der Waals surface area contributed by atoms with E-state index in [0.29, 0.717) is 12.6 Å². The summed E-state index contributed by atoms with van der Waals surface area (Å²) in [6.07, 6.45) is 2.72. The van der Waals surface area contributed by atoms with Crippen molar-refractivity contribution in [3.63, 3.8) is 0 Å². The second kappa shape index (κ2) is 7.63. The SMILES string of the molecule is COCc1ccccc1CNCC(C)N1CCCC1. The molecule has 1 aliphatic heterocycles. The molecule has 3 nitrogen and oxygen atoms in total. The maximum atomic E-state index is 5.24. The summed E-state index contributed by atoms with van der Waals surface area (Å²) in [5.74, 6) is 0. The molecule has 0 aliphatic carbocycles. The molecule has 1 atom stereocenters. The molecule has 0 radical (unpaired) electrons. The summed E-state index contributed by atoms with van der Waals surface area (Å²) in [6.45, 7) is 7.53. The second-order valence-corrected chi connectivity index (χ2v) is 5.42. The third kappa shape index (κ3) is 4.30. The molecular formula is C16H26N2O. The van der Waals surface area contributed by atoms with E-state index in [1.165, 1.54) is 37.1 Å². The van der Waals surface area contributed by atoms with Gasteiger partial charge in [-0.3, -0.25) is 4.90 Å². The minimum absolute atomic E-state index is 0.636. The number of hydrogen-bond acceptors (Lipinski definition) is 3. The minimum Gasteiger partial charge on any atom is -0.380 e. The Morgan fingerprint density at radius 3 is 2.58 bits per heavy atom. The van der Waals surface area contributed by atoms with Crippen molar-refractivity contribution in [2.24, 2.45) is 0 Å². The zero-order chi connectivity index (χ0) is 13.5. The van der Waals surface area contributed by atoms with Crippen molar-refractivity contribution in [1.29, 1.82) is 0 Å². The Hall–Kier alpha value is -0.900. The van der Waals surface area contributed by atoms with Gasteiger partial charge in [0.15, 0.2) is 0 Å². The first kappa shape index (κ1) is 14.5. The van der Waals surface area contributed by atoms with Crippen molar-refractivity contribution in [2.45, 2.75) is 39.0 Å². The third-order valence-corrected chi connectivity index (χ3v) is 3.94. The van der Waals surface area contributed by atoms with E-state index in [0.717, 1.165) is 13.1 Å². The summed E-state index contributed by atoms with van der Waals surface area (Å²) in [6, 6.07) is 9.13. The number of hydrogen-bond donors (Lipinski definition) is 1. The molecule has 1 aromatic carbocycles. The lowest BCUT2D eigenvalue weighted by molar-refractivity contribution is 0.184. The Kier molecular flexibility index (Phi) is 5.83. The fourth-order valence-electron chi connectivity index (χ4n) is 2.75. The Labute approximate surface area is 116 Å². The molecule has 3 heteroatoms. The monoisotopic (exact) mass is 262 g/mol. The van der Waals surface area contributed by atoms with Gasteiger partial charge in [-0.05, 0) is 44.0 Å². The highest BCUT2D eigenvalue weighted by Crippen LogP contribution is 2.12. The van der Waals surface area contributed by atoms with Gasteiger partial charge in [-0.15, -0.1) is 0 Å². The van der Waals surface area contributed by atoms with Gasteiger partial charge in [0.2, 0.25) is 0 Å². The van der Waals surface area contributed by atoms with E-state index in [9.17, 15) is 0 Å². The summed E-state index contributed by atoms with van der Waals surface area (Å²) >= 11 is 0. The van der Waals surface area contributed by atoms with E-state index in [2.05, 4.69) is 41.4 Å². The van der Waals surface area contributed by atoms with Crippen LogP contribution >= 0.6 is 0 Å². The van der Waals surface area contributed by atoms with E-state index < -0.39 is 0 Å². The van der Waals surface area contributed by atoms with E-state index in [1.807, 2.05) is 0 Å². The van der Waals surface area contributed by atoms with Gasteiger partial charge in [0.1, 0.15) is 0 Å². The highest BCUT2D eigenvalue weighted by molar-refractivity contribution is 5.26. The van der Waals surface area contributed by atoms with Crippen LogP contribution in [-0.4, -0.2) is 37.7 Å². The lowest BCUT2D eigenvalue weighted by Crippen LogP contribution is -2.38. The zero-order valence-electron chi connectivity index (χ0n) is 12.2. The van der Waals surface area contributed by atoms with Crippen LogP contribution < -0.4 is 5.32 Å². The molecule has 1 aliphatic rings. The number of likely N-dealkylation sites (tertiary alicyclic amines) is 1. The van der Waals surface area contributed by atoms with Crippen LogP contribution in [0.1, 0.15) is 30.9 Å². The van der Waals surface area contributed by atoms with E-state index in [1.54, 1.807) is 7.11 Å². The number of nitrogens with one attached hydrogen (secondary N) is 1. The molecule has 0 amide bonds. The van der Waals surface area contributed by atoms with E-state index >= 15 is 0 Å². The van der Waals surface area contributed by atoms with Crippen LogP contribution in [-0.2, 0) is 17.9 Å². The maximum Gasteiger partial charge on any atom is 0.0716 e. The highest BCUT2D eigenvalue weighted by atomic mass is 16.5. The molecular weight excluding hydrogens is 236 g/mol. The predicted octanol–water partition coefficient (Wildman–Crippen LogP) is 2.41. The van der Waals surface area contributed by atoms with Crippen LogP contribution in [0.25, 0.3) is 0 Å². The van der Waals surface area contributed by atoms with Crippen molar-refractivity contribution < 1.29 is 4.74 Å². The largest absolute Gasteiger partial charge is 0.380 e. The lowest BCUT2D eigenvalue weighted by Gasteiger charge is -2.24. The molecule has 19 heavy (non-hydrogen) atoms. The Morgan fingerprint density at radius 2 is 1.89 bits per heavy atom. The van der Waals surface area contributed by atoms with Crippen molar-refractivity contribution >= 4 is 0 Å². The smallest absolute Gasteiger partial charge is 0.0716 e. The Bertz CT molecular complexity index is 375. The first-order chi connectivity index (χ1) is 9.31. The number of nitrogens with zero attached hydrogens (tertiary/aromatic N) is 1.